The fraction of sp³-hybridized carbons (Fsp3) is 0.353. The highest BCUT2D eigenvalue weighted by atomic mass is 16.5. The van der Waals surface area contributed by atoms with E-state index < -0.39 is 0 Å². The van der Waals surface area contributed by atoms with Crippen LogP contribution in [0.3, 0.4) is 0 Å². The Morgan fingerprint density at radius 2 is 1.90 bits per heavy atom. The van der Waals surface area contributed by atoms with Crippen LogP contribution >= 0.6 is 0 Å². The molecule has 106 valence electrons. The van der Waals surface area contributed by atoms with Crippen LogP contribution in [-0.4, -0.2) is 11.6 Å². The third-order valence-electron chi connectivity index (χ3n) is 3.23. The van der Waals surface area contributed by atoms with Crippen LogP contribution in [0.1, 0.15) is 36.8 Å². The van der Waals surface area contributed by atoms with Gasteiger partial charge in [0.2, 0.25) is 0 Å². The molecular formula is C17H22N2O. The van der Waals surface area contributed by atoms with Gasteiger partial charge in [-0.05, 0) is 50.6 Å². The molecule has 0 radical (unpaired) electrons. The standard InChI is InChI=1S/C17H22N2O/c1-4-20-17-10-8-15(9-11-17)14(3)18-12-16-7-5-6-13(2)19-16/h5-11,14,18H,4,12H2,1-3H3. The predicted octanol–water partition coefficient (Wildman–Crippen LogP) is 3.64. The number of aryl methyl sites for hydroxylation is 1. The lowest BCUT2D eigenvalue weighted by molar-refractivity contribution is 0.340. The lowest BCUT2D eigenvalue weighted by Crippen LogP contribution is -2.18. The maximum absolute atomic E-state index is 5.45. The summed E-state index contributed by atoms with van der Waals surface area (Å²) >= 11 is 0. The van der Waals surface area contributed by atoms with Gasteiger partial charge in [0.1, 0.15) is 5.75 Å². The van der Waals surface area contributed by atoms with Gasteiger partial charge >= 0.3 is 0 Å². The summed E-state index contributed by atoms with van der Waals surface area (Å²) in [6.07, 6.45) is 0. The zero-order valence-electron chi connectivity index (χ0n) is 12.4. The monoisotopic (exact) mass is 270 g/mol. The molecule has 0 bridgehead atoms. The molecular weight excluding hydrogens is 248 g/mol. The summed E-state index contributed by atoms with van der Waals surface area (Å²) < 4.78 is 5.45. The predicted molar refractivity (Wildman–Crippen MR) is 81.8 cm³/mol. The number of hydrogen-bond donors (Lipinski definition) is 1. The lowest BCUT2D eigenvalue weighted by Gasteiger charge is -2.14. The van der Waals surface area contributed by atoms with Gasteiger partial charge in [-0.3, -0.25) is 4.98 Å². The number of nitrogens with one attached hydrogen (secondary N) is 1. The fourth-order valence-corrected chi connectivity index (χ4v) is 2.09. The normalized spacial score (nSPS) is 12.2. The Labute approximate surface area is 121 Å². The van der Waals surface area contributed by atoms with Crippen LogP contribution in [-0.2, 0) is 6.54 Å². The van der Waals surface area contributed by atoms with E-state index in [0.717, 1.165) is 23.7 Å². The Bertz CT molecular complexity index is 537. The number of ether oxygens (including phenoxy) is 1. The van der Waals surface area contributed by atoms with Crippen LogP contribution in [0.25, 0.3) is 0 Å². The topological polar surface area (TPSA) is 34.1 Å². The highest BCUT2D eigenvalue weighted by Gasteiger charge is 2.05. The maximum Gasteiger partial charge on any atom is 0.119 e. The molecule has 1 heterocycles. The minimum Gasteiger partial charge on any atom is -0.494 e. The summed E-state index contributed by atoms with van der Waals surface area (Å²) in [6, 6.07) is 14.6. The van der Waals surface area contributed by atoms with E-state index in [9.17, 15) is 0 Å². The van der Waals surface area contributed by atoms with Gasteiger partial charge in [-0.2, -0.15) is 0 Å². The van der Waals surface area contributed by atoms with E-state index >= 15 is 0 Å². The molecule has 3 nitrogen and oxygen atoms in total. The van der Waals surface area contributed by atoms with Crippen molar-refractivity contribution in [2.75, 3.05) is 6.61 Å². The second-order valence-electron chi connectivity index (χ2n) is 4.87. The van der Waals surface area contributed by atoms with Gasteiger partial charge in [0.15, 0.2) is 0 Å². The Hall–Kier alpha value is -1.87. The van der Waals surface area contributed by atoms with Crippen molar-refractivity contribution in [2.45, 2.75) is 33.4 Å². The summed E-state index contributed by atoms with van der Waals surface area (Å²) in [6.45, 7) is 7.64. The van der Waals surface area contributed by atoms with Crippen molar-refractivity contribution in [1.82, 2.24) is 10.3 Å². The molecule has 2 rings (SSSR count). The van der Waals surface area contributed by atoms with Gasteiger partial charge in [0, 0.05) is 18.3 Å². The van der Waals surface area contributed by atoms with E-state index in [1.165, 1.54) is 5.56 Å². The van der Waals surface area contributed by atoms with Gasteiger partial charge in [-0.25, -0.2) is 0 Å². The number of hydrogen-bond acceptors (Lipinski definition) is 3. The van der Waals surface area contributed by atoms with E-state index in [2.05, 4.69) is 29.4 Å². The van der Waals surface area contributed by atoms with Crippen LogP contribution in [0, 0.1) is 6.92 Å². The van der Waals surface area contributed by atoms with Crippen LogP contribution in [0.4, 0.5) is 0 Å². The minimum absolute atomic E-state index is 0.285. The molecule has 2 aromatic rings. The SMILES string of the molecule is CCOc1ccc(C(C)NCc2cccc(C)n2)cc1. The van der Waals surface area contributed by atoms with E-state index in [0.29, 0.717) is 6.61 Å². The summed E-state index contributed by atoms with van der Waals surface area (Å²) in [5.41, 5.74) is 3.38. The van der Waals surface area contributed by atoms with Crippen molar-refractivity contribution >= 4 is 0 Å². The average molecular weight is 270 g/mol. The Balaban J connectivity index is 1.92. The van der Waals surface area contributed by atoms with Crippen molar-refractivity contribution < 1.29 is 4.74 Å². The van der Waals surface area contributed by atoms with Crippen molar-refractivity contribution in [1.29, 1.82) is 0 Å². The van der Waals surface area contributed by atoms with Gasteiger partial charge in [0.05, 0.1) is 12.3 Å². The van der Waals surface area contributed by atoms with Gasteiger partial charge in [-0.15, -0.1) is 0 Å². The molecule has 0 saturated carbocycles. The van der Waals surface area contributed by atoms with Gasteiger partial charge in [0.25, 0.3) is 0 Å². The number of nitrogens with zero attached hydrogens (tertiary/aromatic N) is 1. The third kappa shape index (κ3) is 4.07. The largest absolute Gasteiger partial charge is 0.494 e. The van der Waals surface area contributed by atoms with Gasteiger partial charge in [-0.1, -0.05) is 18.2 Å². The summed E-state index contributed by atoms with van der Waals surface area (Å²) in [5, 5.41) is 3.49. The second-order valence-corrected chi connectivity index (χ2v) is 4.87. The van der Waals surface area contributed by atoms with Gasteiger partial charge < -0.3 is 10.1 Å². The third-order valence-corrected chi connectivity index (χ3v) is 3.23. The molecule has 1 aromatic heterocycles. The maximum atomic E-state index is 5.45. The Morgan fingerprint density at radius 3 is 2.55 bits per heavy atom. The molecule has 1 aromatic carbocycles. The Morgan fingerprint density at radius 1 is 1.15 bits per heavy atom. The molecule has 0 aliphatic carbocycles. The first kappa shape index (κ1) is 14.5. The number of benzene rings is 1. The molecule has 0 aliphatic heterocycles. The number of aromatic nitrogens is 1. The average Bonchev–Trinajstić information content (AvgIpc) is 2.46. The molecule has 1 N–H and O–H groups in total. The van der Waals surface area contributed by atoms with Crippen molar-refractivity contribution in [3.63, 3.8) is 0 Å². The smallest absolute Gasteiger partial charge is 0.119 e. The molecule has 20 heavy (non-hydrogen) atoms. The van der Waals surface area contributed by atoms with Crippen LogP contribution in [0.2, 0.25) is 0 Å². The molecule has 1 unspecified atom stereocenters. The first-order valence-electron chi connectivity index (χ1n) is 7.07. The summed E-state index contributed by atoms with van der Waals surface area (Å²) in [5.74, 6) is 0.920. The fourth-order valence-electron chi connectivity index (χ4n) is 2.09. The molecule has 0 fully saturated rings. The summed E-state index contributed by atoms with van der Waals surface area (Å²) in [7, 11) is 0. The number of rotatable bonds is 6. The first-order valence-corrected chi connectivity index (χ1v) is 7.07. The van der Waals surface area contributed by atoms with Crippen molar-refractivity contribution in [3.05, 3.63) is 59.4 Å². The first-order chi connectivity index (χ1) is 9.69. The van der Waals surface area contributed by atoms with E-state index in [1.54, 1.807) is 0 Å². The highest BCUT2D eigenvalue weighted by molar-refractivity contribution is 5.29. The molecule has 0 aliphatic rings. The van der Waals surface area contributed by atoms with Crippen LogP contribution in [0.15, 0.2) is 42.5 Å². The quantitative estimate of drug-likeness (QED) is 0.870. The zero-order chi connectivity index (χ0) is 14.4. The molecule has 0 spiro atoms. The highest BCUT2D eigenvalue weighted by Crippen LogP contribution is 2.17. The van der Waals surface area contributed by atoms with Crippen molar-refractivity contribution in [2.24, 2.45) is 0 Å². The molecule has 0 amide bonds. The van der Waals surface area contributed by atoms with Crippen molar-refractivity contribution in [3.8, 4) is 5.75 Å². The molecule has 1 atom stereocenters. The second kappa shape index (κ2) is 7.06. The van der Waals surface area contributed by atoms with Crippen LogP contribution in [0.5, 0.6) is 5.75 Å². The Kier molecular flexibility index (Phi) is 5.13. The minimum atomic E-state index is 0.285. The van der Waals surface area contributed by atoms with E-state index in [1.807, 2.05) is 44.2 Å². The molecule has 0 saturated heterocycles. The number of pyridine rings is 1. The zero-order valence-corrected chi connectivity index (χ0v) is 12.4. The summed E-state index contributed by atoms with van der Waals surface area (Å²) in [4.78, 5) is 4.49. The lowest BCUT2D eigenvalue weighted by atomic mass is 10.1. The van der Waals surface area contributed by atoms with E-state index in [-0.39, 0.29) is 6.04 Å². The van der Waals surface area contributed by atoms with E-state index in [4.69, 9.17) is 4.74 Å². The van der Waals surface area contributed by atoms with Crippen LogP contribution < -0.4 is 10.1 Å². The molecule has 3 heteroatoms.